The molecule has 0 amide bonds. The van der Waals surface area contributed by atoms with Gasteiger partial charge in [0.2, 0.25) is 0 Å². The average Bonchev–Trinajstić information content (AvgIpc) is 2.21. The summed E-state index contributed by atoms with van der Waals surface area (Å²) in [6.07, 6.45) is 3.73. The maximum Gasteiger partial charge on any atom is 0.0998 e. The van der Waals surface area contributed by atoms with E-state index in [2.05, 4.69) is 12.6 Å². The molecule has 1 heteroatoms. The molecule has 14 heavy (non-hydrogen) atoms. The molecule has 0 saturated carbocycles. The molecule has 0 spiro atoms. The van der Waals surface area contributed by atoms with Gasteiger partial charge in [-0.1, -0.05) is 30.9 Å². The number of nitrogens with zero attached hydrogens (tertiary/aromatic N) is 1. The van der Waals surface area contributed by atoms with Crippen molar-refractivity contribution in [2.45, 2.75) is 13.8 Å². The highest BCUT2D eigenvalue weighted by Gasteiger charge is 2.03. The van der Waals surface area contributed by atoms with E-state index in [0.29, 0.717) is 5.56 Å². The SMILES string of the molecule is C=C/C(=C\C)c1ccc(C)cc1C#N. The lowest BCUT2D eigenvalue weighted by Gasteiger charge is -2.05. The number of hydrogen-bond donors (Lipinski definition) is 0. The van der Waals surface area contributed by atoms with E-state index < -0.39 is 0 Å². The Balaban J connectivity index is 3.36. The van der Waals surface area contributed by atoms with Gasteiger partial charge in [-0.25, -0.2) is 0 Å². The van der Waals surface area contributed by atoms with Crippen molar-refractivity contribution < 1.29 is 0 Å². The van der Waals surface area contributed by atoms with Crippen LogP contribution in [-0.2, 0) is 0 Å². The van der Waals surface area contributed by atoms with Gasteiger partial charge in [-0.3, -0.25) is 0 Å². The summed E-state index contributed by atoms with van der Waals surface area (Å²) in [6, 6.07) is 8.05. The lowest BCUT2D eigenvalue weighted by molar-refractivity contribution is 1.40. The minimum Gasteiger partial charge on any atom is -0.192 e. The predicted octanol–water partition coefficient (Wildman–Crippen LogP) is 3.46. The fourth-order valence-electron chi connectivity index (χ4n) is 1.39. The van der Waals surface area contributed by atoms with Crippen LogP contribution >= 0.6 is 0 Å². The van der Waals surface area contributed by atoms with E-state index in [1.807, 2.05) is 38.1 Å². The number of nitriles is 1. The van der Waals surface area contributed by atoms with Crippen molar-refractivity contribution in [3.8, 4) is 6.07 Å². The van der Waals surface area contributed by atoms with Crippen molar-refractivity contribution in [3.63, 3.8) is 0 Å². The summed E-state index contributed by atoms with van der Waals surface area (Å²) in [5.41, 5.74) is 3.76. The summed E-state index contributed by atoms with van der Waals surface area (Å²) in [7, 11) is 0. The Kier molecular flexibility index (Phi) is 3.25. The Labute approximate surface area is 85.0 Å². The van der Waals surface area contributed by atoms with Crippen LogP contribution in [0.25, 0.3) is 5.57 Å². The van der Waals surface area contributed by atoms with Crippen molar-refractivity contribution in [3.05, 3.63) is 53.6 Å². The predicted molar refractivity (Wildman–Crippen MR) is 59.7 cm³/mol. The molecule has 1 aromatic carbocycles. The summed E-state index contributed by atoms with van der Waals surface area (Å²) in [5, 5.41) is 8.97. The molecule has 1 aromatic rings. The van der Waals surface area contributed by atoms with Gasteiger partial charge in [-0.05, 0) is 36.6 Å². The number of rotatable bonds is 2. The van der Waals surface area contributed by atoms with Gasteiger partial charge in [0.25, 0.3) is 0 Å². The van der Waals surface area contributed by atoms with Crippen molar-refractivity contribution in [2.75, 3.05) is 0 Å². The molecule has 0 saturated heterocycles. The first kappa shape index (κ1) is 10.3. The molecule has 0 heterocycles. The summed E-state index contributed by atoms with van der Waals surface area (Å²) in [6.45, 7) is 7.65. The lowest BCUT2D eigenvalue weighted by Crippen LogP contribution is -1.88. The van der Waals surface area contributed by atoms with Crippen molar-refractivity contribution >= 4 is 5.57 Å². The molecule has 0 bridgehead atoms. The average molecular weight is 183 g/mol. The van der Waals surface area contributed by atoms with Crippen LogP contribution in [0.4, 0.5) is 0 Å². The first-order valence-electron chi connectivity index (χ1n) is 4.52. The largest absolute Gasteiger partial charge is 0.192 e. The van der Waals surface area contributed by atoms with E-state index in [-0.39, 0.29) is 0 Å². The Morgan fingerprint density at radius 3 is 2.71 bits per heavy atom. The van der Waals surface area contributed by atoms with Gasteiger partial charge in [0.05, 0.1) is 11.6 Å². The Hall–Kier alpha value is -1.81. The maximum atomic E-state index is 8.97. The summed E-state index contributed by atoms with van der Waals surface area (Å²) in [5.74, 6) is 0. The summed E-state index contributed by atoms with van der Waals surface area (Å²) in [4.78, 5) is 0. The van der Waals surface area contributed by atoms with E-state index in [1.54, 1.807) is 6.08 Å². The second kappa shape index (κ2) is 4.43. The topological polar surface area (TPSA) is 23.8 Å². The van der Waals surface area contributed by atoms with Crippen LogP contribution < -0.4 is 0 Å². The normalized spacial score (nSPS) is 10.8. The summed E-state index contributed by atoms with van der Waals surface area (Å²) < 4.78 is 0. The Morgan fingerprint density at radius 1 is 1.50 bits per heavy atom. The molecule has 0 aliphatic carbocycles. The van der Waals surface area contributed by atoms with E-state index in [1.165, 1.54) is 0 Å². The molecular weight excluding hydrogens is 170 g/mol. The van der Waals surface area contributed by atoms with E-state index in [0.717, 1.165) is 16.7 Å². The zero-order valence-electron chi connectivity index (χ0n) is 8.54. The fourth-order valence-corrected chi connectivity index (χ4v) is 1.39. The standard InChI is InChI=1S/C13H13N/c1-4-11(5-2)13-7-6-10(3)8-12(13)9-14/h4-8H,1H2,2-3H3/b11-5+. The third kappa shape index (κ3) is 1.92. The molecule has 0 atom stereocenters. The zero-order valence-corrected chi connectivity index (χ0v) is 8.54. The molecule has 0 unspecified atom stereocenters. The van der Waals surface area contributed by atoms with Crippen LogP contribution in [0, 0.1) is 18.3 Å². The lowest BCUT2D eigenvalue weighted by atomic mass is 9.98. The smallest absolute Gasteiger partial charge is 0.0998 e. The number of allylic oxidation sites excluding steroid dienone is 3. The zero-order chi connectivity index (χ0) is 10.6. The molecule has 0 N–H and O–H groups in total. The monoisotopic (exact) mass is 183 g/mol. The molecule has 0 aliphatic rings. The highest BCUT2D eigenvalue weighted by molar-refractivity contribution is 5.77. The Morgan fingerprint density at radius 2 is 2.21 bits per heavy atom. The fraction of sp³-hybridized carbons (Fsp3) is 0.154. The number of aryl methyl sites for hydroxylation is 1. The van der Waals surface area contributed by atoms with Gasteiger partial charge in [-0.15, -0.1) is 0 Å². The molecule has 1 nitrogen and oxygen atoms in total. The third-order valence-corrected chi connectivity index (χ3v) is 2.14. The molecule has 0 aromatic heterocycles. The number of hydrogen-bond acceptors (Lipinski definition) is 1. The van der Waals surface area contributed by atoms with Crippen LogP contribution in [0.15, 0.2) is 36.9 Å². The molecule has 0 aliphatic heterocycles. The van der Waals surface area contributed by atoms with Gasteiger partial charge in [0, 0.05) is 0 Å². The van der Waals surface area contributed by atoms with E-state index in [9.17, 15) is 0 Å². The second-order valence-electron chi connectivity index (χ2n) is 3.11. The second-order valence-corrected chi connectivity index (χ2v) is 3.11. The van der Waals surface area contributed by atoms with Gasteiger partial charge in [-0.2, -0.15) is 5.26 Å². The van der Waals surface area contributed by atoms with Crippen LogP contribution in [0.1, 0.15) is 23.6 Å². The maximum absolute atomic E-state index is 8.97. The highest BCUT2D eigenvalue weighted by Crippen LogP contribution is 2.20. The first-order chi connectivity index (χ1) is 6.72. The minimum atomic E-state index is 0.706. The van der Waals surface area contributed by atoms with Crippen LogP contribution in [-0.4, -0.2) is 0 Å². The van der Waals surface area contributed by atoms with E-state index >= 15 is 0 Å². The Bertz CT molecular complexity index is 419. The van der Waals surface area contributed by atoms with Gasteiger partial charge in [0.1, 0.15) is 0 Å². The van der Waals surface area contributed by atoms with Gasteiger partial charge < -0.3 is 0 Å². The van der Waals surface area contributed by atoms with Crippen molar-refractivity contribution in [2.24, 2.45) is 0 Å². The molecular formula is C13H13N. The minimum absolute atomic E-state index is 0.706. The summed E-state index contributed by atoms with van der Waals surface area (Å²) >= 11 is 0. The van der Waals surface area contributed by atoms with Crippen LogP contribution in [0.5, 0.6) is 0 Å². The quantitative estimate of drug-likeness (QED) is 0.644. The molecule has 1 rings (SSSR count). The number of benzene rings is 1. The van der Waals surface area contributed by atoms with Crippen molar-refractivity contribution in [1.82, 2.24) is 0 Å². The van der Waals surface area contributed by atoms with Gasteiger partial charge in [0.15, 0.2) is 0 Å². The molecule has 0 radical (unpaired) electrons. The highest BCUT2D eigenvalue weighted by atomic mass is 14.2. The third-order valence-electron chi connectivity index (χ3n) is 2.14. The molecule has 0 fully saturated rings. The van der Waals surface area contributed by atoms with Crippen LogP contribution in [0.2, 0.25) is 0 Å². The van der Waals surface area contributed by atoms with E-state index in [4.69, 9.17) is 5.26 Å². The van der Waals surface area contributed by atoms with Crippen LogP contribution in [0.3, 0.4) is 0 Å². The van der Waals surface area contributed by atoms with Crippen molar-refractivity contribution in [1.29, 1.82) is 5.26 Å². The van der Waals surface area contributed by atoms with Gasteiger partial charge >= 0.3 is 0 Å². The first-order valence-corrected chi connectivity index (χ1v) is 4.52. The molecule has 70 valence electrons.